The summed E-state index contributed by atoms with van der Waals surface area (Å²) < 4.78 is 0. The van der Waals surface area contributed by atoms with Crippen molar-refractivity contribution in [2.45, 2.75) is 328 Å². The van der Waals surface area contributed by atoms with Gasteiger partial charge in [-0.25, -0.2) is 0 Å². The molecule has 1 atom stereocenters. The van der Waals surface area contributed by atoms with E-state index in [0.717, 1.165) is 19.3 Å². The summed E-state index contributed by atoms with van der Waals surface area (Å²) in [7, 11) is 0. The molecular formula is C57H110O. The molecule has 0 aliphatic carbocycles. The molecule has 0 aliphatic heterocycles. The van der Waals surface area contributed by atoms with Crippen LogP contribution in [0.3, 0.4) is 0 Å². The highest BCUT2D eigenvalue weighted by Crippen LogP contribution is 2.18. The molecule has 0 rings (SSSR count). The Bertz CT molecular complexity index is 793. The Morgan fingerprint density at radius 1 is 0.241 bits per heavy atom. The monoisotopic (exact) mass is 811 g/mol. The number of aliphatic hydroxyl groups excluding tert-OH is 1. The van der Waals surface area contributed by atoms with Crippen molar-refractivity contribution in [1.82, 2.24) is 0 Å². The van der Waals surface area contributed by atoms with E-state index in [0.29, 0.717) is 0 Å². The molecule has 0 bridgehead atoms. The van der Waals surface area contributed by atoms with Gasteiger partial charge in [-0.1, -0.05) is 288 Å². The van der Waals surface area contributed by atoms with E-state index >= 15 is 0 Å². The molecular weight excluding hydrogens is 701 g/mol. The summed E-state index contributed by atoms with van der Waals surface area (Å²) in [6, 6.07) is 0. The van der Waals surface area contributed by atoms with Crippen LogP contribution in [-0.2, 0) is 0 Å². The third kappa shape index (κ3) is 53.2. The van der Waals surface area contributed by atoms with Crippen LogP contribution in [0.15, 0.2) is 36.5 Å². The maximum absolute atomic E-state index is 10.4. The maximum Gasteiger partial charge on any atom is 0.0540 e. The zero-order valence-corrected chi connectivity index (χ0v) is 40.4. The predicted octanol–water partition coefficient (Wildman–Crippen LogP) is 20.8. The Hall–Kier alpha value is -0.820. The number of allylic oxidation sites excluding steroid dienone is 6. The zero-order chi connectivity index (χ0) is 41.8. The van der Waals surface area contributed by atoms with Crippen LogP contribution in [0, 0.1) is 0 Å². The molecule has 0 saturated heterocycles. The number of aliphatic hydroxyl groups is 1. The molecule has 1 nitrogen and oxygen atoms in total. The number of rotatable bonds is 51. The van der Waals surface area contributed by atoms with Crippen LogP contribution in [0.25, 0.3) is 0 Å². The smallest absolute Gasteiger partial charge is 0.0540 e. The van der Waals surface area contributed by atoms with E-state index in [1.165, 1.54) is 289 Å². The largest absolute Gasteiger partial charge is 0.393 e. The third-order valence-corrected chi connectivity index (χ3v) is 12.8. The molecule has 0 aromatic rings. The van der Waals surface area contributed by atoms with Crippen molar-refractivity contribution in [1.29, 1.82) is 0 Å². The molecule has 0 aromatic heterocycles. The highest BCUT2D eigenvalue weighted by molar-refractivity contribution is 4.92. The van der Waals surface area contributed by atoms with Crippen molar-refractivity contribution >= 4 is 0 Å². The fourth-order valence-electron chi connectivity index (χ4n) is 8.68. The van der Waals surface area contributed by atoms with Crippen LogP contribution >= 0.6 is 0 Å². The summed E-state index contributed by atoms with van der Waals surface area (Å²) in [4.78, 5) is 0. The van der Waals surface area contributed by atoms with E-state index in [1.54, 1.807) is 0 Å². The average molecular weight is 812 g/mol. The van der Waals surface area contributed by atoms with Gasteiger partial charge >= 0.3 is 0 Å². The van der Waals surface area contributed by atoms with Crippen LogP contribution in [0.2, 0.25) is 0 Å². The molecule has 344 valence electrons. The first-order valence-corrected chi connectivity index (χ1v) is 27.4. The van der Waals surface area contributed by atoms with E-state index in [1.807, 2.05) is 0 Å². The van der Waals surface area contributed by atoms with Gasteiger partial charge in [0.1, 0.15) is 0 Å². The second-order valence-electron chi connectivity index (χ2n) is 18.8. The quantitative estimate of drug-likeness (QED) is 0.0479. The summed E-state index contributed by atoms with van der Waals surface area (Å²) in [5.41, 5.74) is 0. The summed E-state index contributed by atoms with van der Waals surface area (Å²) in [5.74, 6) is 0. The van der Waals surface area contributed by atoms with Gasteiger partial charge in [0.05, 0.1) is 6.10 Å². The summed E-state index contributed by atoms with van der Waals surface area (Å²) in [5, 5.41) is 10.4. The van der Waals surface area contributed by atoms with Crippen LogP contribution in [0.4, 0.5) is 0 Å². The molecule has 0 heterocycles. The van der Waals surface area contributed by atoms with Gasteiger partial charge in [-0.3, -0.25) is 0 Å². The molecule has 0 unspecified atom stereocenters. The first kappa shape index (κ1) is 57.2. The van der Waals surface area contributed by atoms with Gasteiger partial charge in [0.15, 0.2) is 0 Å². The van der Waals surface area contributed by atoms with Gasteiger partial charge in [0.25, 0.3) is 0 Å². The van der Waals surface area contributed by atoms with E-state index in [9.17, 15) is 5.11 Å². The first-order valence-electron chi connectivity index (χ1n) is 27.4. The first-order chi connectivity index (χ1) is 28.8. The molecule has 0 radical (unpaired) electrons. The standard InChI is InChI=1S/C57H110O/c1-3-5-7-9-11-13-15-17-18-19-20-21-22-23-24-25-26-27-28-29-30-31-32-33-34-35-36-37-38-39-40-41-42-44-46-48-50-52-54-56-57(58)55-53-51-49-47-45-43-16-14-12-10-8-6-4-2/h24-25,32-33,35-36,57-58H,3-23,26-31,34,37-56H2,1-2H3/b25-24-,33-32-,36-35-/t57-/m1/s1. The third-order valence-electron chi connectivity index (χ3n) is 12.8. The maximum atomic E-state index is 10.4. The number of hydrogen-bond acceptors (Lipinski definition) is 1. The second kappa shape index (κ2) is 54.2. The van der Waals surface area contributed by atoms with E-state index in [4.69, 9.17) is 0 Å². The van der Waals surface area contributed by atoms with Gasteiger partial charge in [-0.15, -0.1) is 0 Å². The van der Waals surface area contributed by atoms with E-state index in [2.05, 4.69) is 50.3 Å². The SMILES string of the molecule is CCCCCCCCCCCCCCC/C=C\CCCCCC/C=C\C/C=C\CCCCCCCCCCCCC[C@H](O)CCCCCCCCCCCCCCC. The summed E-state index contributed by atoms with van der Waals surface area (Å²) in [6.45, 7) is 4.60. The highest BCUT2D eigenvalue weighted by Gasteiger charge is 2.04. The number of unbranched alkanes of at least 4 members (excludes halogenated alkanes) is 41. The Morgan fingerprint density at radius 3 is 0.672 bits per heavy atom. The van der Waals surface area contributed by atoms with Gasteiger partial charge < -0.3 is 5.11 Å². The lowest BCUT2D eigenvalue weighted by molar-refractivity contribution is 0.147. The fraction of sp³-hybridized carbons (Fsp3) is 0.895. The minimum absolute atomic E-state index is 0.0451. The Labute approximate surface area is 368 Å². The van der Waals surface area contributed by atoms with Gasteiger partial charge in [-0.2, -0.15) is 0 Å². The summed E-state index contributed by atoms with van der Waals surface area (Å²) in [6.07, 6.45) is 80.4. The highest BCUT2D eigenvalue weighted by atomic mass is 16.3. The molecule has 58 heavy (non-hydrogen) atoms. The van der Waals surface area contributed by atoms with Gasteiger partial charge in [0, 0.05) is 0 Å². The minimum Gasteiger partial charge on any atom is -0.393 e. The Morgan fingerprint density at radius 2 is 0.431 bits per heavy atom. The van der Waals surface area contributed by atoms with Crippen LogP contribution < -0.4 is 0 Å². The Balaban J connectivity index is 3.24. The second-order valence-corrected chi connectivity index (χ2v) is 18.8. The molecule has 0 spiro atoms. The van der Waals surface area contributed by atoms with Crippen LogP contribution in [0.1, 0.15) is 322 Å². The Kier molecular flexibility index (Phi) is 53.4. The van der Waals surface area contributed by atoms with E-state index < -0.39 is 0 Å². The van der Waals surface area contributed by atoms with Crippen molar-refractivity contribution in [3.05, 3.63) is 36.5 Å². The molecule has 0 saturated carbocycles. The molecule has 0 aromatic carbocycles. The van der Waals surface area contributed by atoms with Crippen molar-refractivity contribution in [2.24, 2.45) is 0 Å². The van der Waals surface area contributed by atoms with Crippen LogP contribution in [0.5, 0.6) is 0 Å². The molecule has 1 N–H and O–H groups in total. The van der Waals surface area contributed by atoms with Crippen molar-refractivity contribution in [2.75, 3.05) is 0 Å². The predicted molar refractivity (Wildman–Crippen MR) is 266 cm³/mol. The van der Waals surface area contributed by atoms with Gasteiger partial charge in [-0.05, 0) is 70.6 Å². The average Bonchev–Trinajstić information content (AvgIpc) is 3.23. The summed E-state index contributed by atoms with van der Waals surface area (Å²) >= 11 is 0. The molecule has 0 aliphatic rings. The van der Waals surface area contributed by atoms with Gasteiger partial charge in [0.2, 0.25) is 0 Å². The van der Waals surface area contributed by atoms with Crippen molar-refractivity contribution in [3.63, 3.8) is 0 Å². The molecule has 1 heteroatoms. The number of hydrogen-bond donors (Lipinski definition) is 1. The molecule has 0 amide bonds. The normalized spacial score (nSPS) is 12.7. The zero-order valence-electron chi connectivity index (χ0n) is 40.4. The minimum atomic E-state index is -0.0451. The fourth-order valence-corrected chi connectivity index (χ4v) is 8.68. The lowest BCUT2D eigenvalue weighted by Crippen LogP contribution is -2.05. The van der Waals surface area contributed by atoms with Crippen molar-refractivity contribution < 1.29 is 5.11 Å². The lowest BCUT2D eigenvalue weighted by atomic mass is 10.0. The lowest BCUT2D eigenvalue weighted by Gasteiger charge is -2.10. The van der Waals surface area contributed by atoms with Crippen molar-refractivity contribution in [3.8, 4) is 0 Å². The topological polar surface area (TPSA) is 20.2 Å². The molecule has 0 fully saturated rings. The van der Waals surface area contributed by atoms with E-state index in [-0.39, 0.29) is 6.10 Å². The van der Waals surface area contributed by atoms with Crippen LogP contribution in [-0.4, -0.2) is 11.2 Å².